The van der Waals surface area contributed by atoms with Gasteiger partial charge in [0.1, 0.15) is 11.7 Å². The molecule has 154 valence electrons. The maximum Gasteiger partial charge on any atom is 0.135 e. The van der Waals surface area contributed by atoms with Crippen molar-refractivity contribution in [1.82, 2.24) is 10.2 Å². The summed E-state index contributed by atoms with van der Waals surface area (Å²) in [6.07, 6.45) is 4.65. The van der Waals surface area contributed by atoms with E-state index < -0.39 is 5.82 Å². The van der Waals surface area contributed by atoms with Crippen LogP contribution in [0.25, 0.3) is 0 Å². The van der Waals surface area contributed by atoms with Crippen molar-refractivity contribution in [2.24, 2.45) is 0 Å². The van der Waals surface area contributed by atoms with E-state index in [0.717, 1.165) is 12.8 Å². The third-order valence-electron chi connectivity index (χ3n) is 4.95. The lowest BCUT2D eigenvalue weighted by atomic mass is 9.79. The minimum absolute atomic E-state index is 0.0420. The molecule has 1 aliphatic heterocycles. The van der Waals surface area contributed by atoms with Crippen LogP contribution in [0.1, 0.15) is 46.1 Å². The van der Waals surface area contributed by atoms with Crippen molar-refractivity contribution in [2.75, 3.05) is 12.5 Å². The lowest BCUT2D eigenvalue weighted by Gasteiger charge is -2.49. The molecule has 2 rings (SSSR count). The van der Waals surface area contributed by atoms with Crippen molar-refractivity contribution >= 4 is 33.2 Å². The van der Waals surface area contributed by atoms with Gasteiger partial charge in [0.15, 0.2) is 0 Å². The van der Waals surface area contributed by atoms with Gasteiger partial charge in [0.25, 0.3) is 0 Å². The van der Waals surface area contributed by atoms with Gasteiger partial charge in [-0.3, -0.25) is 16.1 Å². The van der Waals surface area contributed by atoms with Crippen LogP contribution < -0.4 is 10.8 Å². The molecule has 6 nitrogen and oxygen atoms in total. The molecule has 1 saturated heterocycles. The number of hydrogen-bond donors (Lipinski definition) is 5. The molecule has 5 N–H and O–H groups in total. The zero-order chi connectivity index (χ0) is 21.3. The van der Waals surface area contributed by atoms with Gasteiger partial charge >= 0.3 is 0 Å². The standard InChI is InChI=1S/C20H29BrFN5O/c1-19(2)10-13(11-20(3,4)26-19)27(5)17(24)7-6-15(23)18-14(22)8-12(21)9-16(18)25-28/h6-9,13,23-26,28H,10-11H2,1-5H3. The van der Waals surface area contributed by atoms with Crippen LogP contribution in [0.5, 0.6) is 0 Å². The fourth-order valence-electron chi connectivity index (χ4n) is 4.04. The molecule has 0 bridgehead atoms. The molecule has 0 atom stereocenters. The number of piperidine rings is 1. The van der Waals surface area contributed by atoms with E-state index >= 15 is 0 Å². The molecule has 0 saturated carbocycles. The normalized spacial score (nSPS) is 18.9. The fourth-order valence-corrected chi connectivity index (χ4v) is 4.47. The highest BCUT2D eigenvalue weighted by Gasteiger charge is 2.39. The highest BCUT2D eigenvalue weighted by atomic mass is 79.9. The smallest absolute Gasteiger partial charge is 0.135 e. The van der Waals surface area contributed by atoms with Crippen LogP contribution in [0.15, 0.2) is 28.8 Å². The van der Waals surface area contributed by atoms with Gasteiger partial charge in [0.05, 0.1) is 17.0 Å². The zero-order valence-corrected chi connectivity index (χ0v) is 18.5. The van der Waals surface area contributed by atoms with Crippen LogP contribution in [-0.4, -0.2) is 45.8 Å². The van der Waals surface area contributed by atoms with Gasteiger partial charge in [-0.05, 0) is 64.8 Å². The number of nitrogens with zero attached hydrogens (tertiary/aromatic N) is 1. The number of likely N-dealkylation sites (N-methyl/N-ethyl adjacent to an activating group) is 1. The number of allylic oxidation sites excluding steroid dienone is 1. The van der Waals surface area contributed by atoms with Crippen molar-refractivity contribution in [3.8, 4) is 0 Å². The molecule has 0 radical (unpaired) electrons. The van der Waals surface area contributed by atoms with Crippen LogP contribution in [0.2, 0.25) is 0 Å². The monoisotopic (exact) mass is 453 g/mol. The molecule has 0 aliphatic carbocycles. The Bertz CT molecular complexity index is 790. The summed E-state index contributed by atoms with van der Waals surface area (Å²) in [5.74, 6) is -0.387. The second-order valence-electron chi connectivity index (χ2n) is 8.62. The van der Waals surface area contributed by atoms with Crippen molar-refractivity contribution in [2.45, 2.75) is 57.7 Å². The average molecular weight is 454 g/mol. The quantitative estimate of drug-likeness (QED) is 0.257. The molecule has 1 aromatic carbocycles. The van der Waals surface area contributed by atoms with E-state index in [2.05, 4.69) is 48.9 Å². The number of amidine groups is 1. The third-order valence-corrected chi connectivity index (χ3v) is 5.41. The Balaban J connectivity index is 2.16. The molecule has 28 heavy (non-hydrogen) atoms. The Morgan fingerprint density at radius 3 is 2.36 bits per heavy atom. The Morgan fingerprint density at radius 2 is 1.82 bits per heavy atom. The highest BCUT2D eigenvalue weighted by molar-refractivity contribution is 9.10. The first kappa shape index (κ1) is 22.5. The summed E-state index contributed by atoms with van der Waals surface area (Å²) < 4.78 is 14.7. The minimum atomic E-state index is -0.637. The molecule has 1 fully saturated rings. The molecule has 8 heteroatoms. The zero-order valence-electron chi connectivity index (χ0n) is 17.0. The number of halogens is 2. The molecule has 0 spiro atoms. The molecule has 0 amide bonds. The van der Waals surface area contributed by atoms with Gasteiger partial charge in [-0.2, -0.15) is 0 Å². The second kappa shape index (κ2) is 8.31. The van der Waals surface area contributed by atoms with Crippen LogP contribution in [0.3, 0.4) is 0 Å². The summed E-state index contributed by atoms with van der Waals surface area (Å²) in [6.45, 7) is 8.63. The summed E-state index contributed by atoms with van der Waals surface area (Å²) in [5, 5.41) is 29.4. The lowest BCUT2D eigenvalue weighted by Crippen LogP contribution is -2.62. The van der Waals surface area contributed by atoms with Gasteiger partial charge in [0, 0.05) is 28.6 Å². The first-order valence-corrected chi connectivity index (χ1v) is 9.91. The van der Waals surface area contributed by atoms with E-state index in [1.807, 2.05) is 17.4 Å². The molecule has 1 aromatic rings. The highest BCUT2D eigenvalue weighted by Crippen LogP contribution is 2.31. The Hall–Kier alpha value is -1.77. The fraction of sp³-hybridized carbons (Fsp3) is 0.500. The number of rotatable bonds is 5. The summed E-state index contributed by atoms with van der Waals surface area (Å²) >= 11 is 3.16. The van der Waals surface area contributed by atoms with Crippen LogP contribution in [0, 0.1) is 16.6 Å². The van der Waals surface area contributed by atoms with Crippen molar-refractivity contribution < 1.29 is 9.60 Å². The second-order valence-corrected chi connectivity index (χ2v) is 9.54. The maximum atomic E-state index is 14.3. The van der Waals surface area contributed by atoms with E-state index in [1.54, 1.807) is 0 Å². The van der Waals surface area contributed by atoms with Crippen molar-refractivity contribution in [3.05, 3.63) is 40.1 Å². The summed E-state index contributed by atoms with van der Waals surface area (Å²) in [5.41, 5.74) is 1.74. The lowest BCUT2D eigenvalue weighted by molar-refractivity contribution is 0.114. The molecule has 1 aliphatic rings. The van der Waals surface area contributed by atoms with E-state index in [0.29, 0.717) is 4.47 Å². The Labute approximate surface area is 174 Å². The Morgan fingerprint density at radius 1 is 1.25 bits per heavy atom. The van der Waals surface area contributed by atoms with E-state index in [4.69, 9.17) is 10.8 Å². The summed E-state index contributed by atoms with van der Waals surface area (Å²) in [7, 11) is 1.87. The molecular weight excluding hydrogens is 425 g/mol. The summed E-state index contributed by atoms with van der Waals surface area (Å²) in [6, 6.07) is 2.89. The first-order valence-electron chi connectivity index (χ1n) is 9.12. The van der Waals surface area contributed by atoms with Gasteiger partial charge in [0.2, 0.25) is 0 Å². The van der Waals surface area contributed by atoms with Gasteiger partial charge in [-0.15, -0.1) is 0 Å². The Kier molecular flexibility index (Phi) is 6.68. The third kappa shape index (κ3) is 5.40. The molecule has 0 aromatic heterocycles. The average Bonchev–Trinajstić information content (AvgIpc) is 2.55. The van der Waals surface area contributed by atoms with Crippen molar-refractivity contribution in [3.63, 3.8) is 0 Å². The number of hydrogen-bond acceptors (Lipinski definition) is 5. The molecular formula is C20H29BrFN5O. The van der Waals surface area contributed by atoms with Gasteiger partial charge < -0.3 is 15.6 Å². The van der Waals surface area contributed by atoms with Crippen LogP contribution in [-0.2, 0) is 0 Å². The maximum absolute atomic E-state index is 14.3. The number of benzene rings is 1. The van der Waals surface area contributed by atoms with Crippen LogP contribution in [0.4, 0.5) is 10.1 Å². The minimum Gasteiger partial charge on any atom is -0.357 e. The molecule has 0 unspecified atom stereocenters. The first-order chi connectivity index (χ1) is 12.8. The van der Waals surface area contributed by atoms with Crippen LogP contribution >= 0.6 is 15.9 Å². The topological polar surface area (TPSA) is 95.2 Å². The van der Waals surface area contributed by atoms with Gasteiger partial charge in [-0.1, -0.05) is 15.9 Å². The number of anilines is 1. The summed E-state index contributed by atoms with van der Waals surface area (Å²) in [4.78, 5) is 1.90. The van der Waals surface area contributed by atoms with Crippen molar-refractivity contribution in [1.29, 1.82) is 10.8 Å². The largest absolute Gasteiger partial charge is 0.357 e. The van der Waals surface area contributed by atoms with E-state index in [-0.39, 0.29) is 39.9 Å². The van der Waals surface area contributed by atoms with Gasteiger partial charge in [-0.25, -0.2) is 4.39 Å². The molecule has 1 heterocycles. The SMILES string of the molecule is CN(C(=N)C=CC(=N)c1c(F)cc(Br)cc1NO)C1CC(C)(C)NC(C)(C)C1. The number of nitrogens with one attached hydrogen (secondary N) is 4. The van der Waals surface area contributed by atoms with E-state index in [1.165, 1.54) is 24.3 Å². The predicted octanol–water partition coefficient (Wildman–Crippen LogP) is 4.53. The van der Waals surface area contributed by atoms with E-state index in [9.17, 15) is 9.60 Å². The predicted molar refractivity (Wildman–Crippen MR) is 115 cm³/mol.